The Morgan fingerprint density at radius 1 is 1.09 bits per heavy atom. The number of aryl methyl sites for hydroxylation is 1. The molecule has 0 bridgehead atoms. The molecule has 1 rings (SSSR count). The van der Waals surface area contributed by atoms with Crippen molar-refractivity contribution >= 4 is 34.8 Å². The Bertz CT molecular complexity index is 495. The fourth-order valence-corrected chi connectivity index (χ4v) is 4.82. The van der Waals surface area contributed by atoms with E-state index in [0.29, 0.717) is 19.8 Å². The van der Waals surface area contributed by atoms with Crippen LogP contribution >= 0.6 is 0 Å². The summed E-state index contributed by atoms with van der Waals surface area (Å²) < 4.78 is 34.1. The van der Waals surface area contributed by atoms with Crippen LogP contribution in [0.3, 0.4) is 0 Å². The van der Waals surface area contributed by atoms with E-state index in [0.717, 1.165) is 5.19 Å². The predicted octanol–water partition coefficient (Wildman–Crippen LogP) is 1.96. The highest BCUT2D eigenvalue weighted by Crippen LogP contribution is 2.15. The Morgan fingerprint density at radius 3 is 1.86 bits per heavy atom. The quantitative estimate of drug-likeness (QED) is 0.568. The van der Waals surface area contributed by atoms with Gasteiger partial charge in [0.15, 0.2) is 0 Å². The van der Waals surface area contributed by atoms with Gasteiger partial charge in [0.2, 0.25) is 0 Å². The highest BCUT2D eigenvalue weighted by atomic mass is 32.8. The van der Waals surface area contributed by atoms with Gasteiger partial charge in [0.25, 0.3) is 0 Å². The van der Waals surface area contributed by atoms with Crippen LogP contribution in [-0.2, 0) is 34.1 Å². The van der Waals surface area contributed by atoms with Gasteiger partial charge >= 0.3 is 8.80 Å². The van der Waals surface area contributed by atoms with Gasteiger partial charge < -0.3 is 17.8 Å². The van der Waals surface area contributed by atoms with Crippen LogP contribution in [-0.4, -0.2) is 37.4 Å². The second kappa shape index (κ2) is 11.2. The van der Waals surface area contributed by atoms with E-state index in [9.17, 15) is 0 Å². The lowest BCUT2D eigenvalue weighted by atomic mass is 10.1. The Labute approximate surface area is 140 Å². The molecule has 22 heavy (non-hydrogen) atoms. The monoisotopic (exact) mass is 366 g/mol. The average molecular weight is 367 g/mol. The molecule has 0 fully saturated rings. The van der Waals surface area contributed by atoms with Crippen molar-refractivity contribution in [1.82, 2.24) is 0 Å². The zero-order valence-corrected chi connectivity index (χ0v) is 16.5. The molecule has 0 saturated heterocycles. The van der Waals surface area contributed by atoms with Crippen molar-refractivity contribution in [3.63, 3.8) is 0 Å². The van der Waals surface area contributed by atoms with E-state index in [2.05, 4.69) is 37.2 Å². The lowest BCUT2D eigenvalue weighted by Gasteiger charge is -2.30. The van der Waals surface area contributed by atoms with Crippen LogP contribution in [0.5, 0.6) is 0 Å². The molecule has 0 saturated carbocycles. The van der Waals surface area contributed by atoms with E-state index in [1.165, 1.54) is 11.1 Å². The molecule has 0 radical (unpaired) electrons. The first-order valence-electron chi connectivity index (χ1n) is 7.16. The van der Waals surface area contributed by atoms with Crippen LogP contribution < -0.4 is 5.19 Å². The van der Waals surface area contributed by atoms with Crippen LogP contribution in [0.1, 0.15) is 31.9 Å². The molecule has 5 nitrogen and oxygen atoms in total. The van der Waals surface area contributed by atoms with Crippen LogP contribution in [0.15, 0.2) is 18.2 Å². The van der Waals surface area contributed by atoms with E-state index in [1.807, 2.05) is 26.8 Å². The maximum atomic E-state index is 8.96. The zero-order valence-electron chi connectivity index (χ0n) is 13.8. The minimum absolute atomic E-state index is 0.597. The summed E-state index contributed by atoms with van der Waals surface area (Å²) >= 11 is 3.69. The lowest BCUT2D eigenvalue weighted by Crippen LogP contribution is -2.58. The van der Waals surface area contributed by atoms with Crippen molar-refractivity contribution in [3.8, 4) is 0 Å². The van der Waals surface area contributed by atoms with Crippen molar-refractivity contribution in [2.75, 3.05) is 19.8 Å². The SMILES string of the molecule is CCO[Si](OCC)(OCC)c1cccc(C)c1C.O=[SH](O)=S. The first-order chi connectivity index (χ1) is 10.3. The molecule has 1 atom stereocenters. The van der Waals surface area contributed by atoms with E-state index in [-0.39, 0.29) is 0 Å². The summed E-state index contributed by atoms with van der Waals surface area (Å²) in [6, 6.07) is 6.20. The number of benzene rings is 1. The first kappa shape index (κ1) is 21.6. The van der Waals surface area contributed by atoms with Crippen molar-refractivity contribution < 1.29 is 22.0 Å². The molecular formula is C14H26O5S2Si. The van der Waals surface area contributed by atoms with Gasteiger partial charge in [-0.15, -0.1) is 0 Å². The third-order valence-electron chi connectivity index (χ3n) is 2.94. The molecule has 0 aliphatic heterocycles. The highest BCUT2D eigenvalue weighted by molar-refractivity contribution is 8.18. The topological polar surface area (TPSA) is 65.0 Å². The molecule has 8 heteroatoms. The summed E-state index contributed by atoms with van der Waals surface area (Å²) in [5.74, 6) is 0. The van der Waals surface area contributed by atoms with Crippen molar-refractivity contribution in [2.24, 2.45) is 0 Å². The van der Waals surface area contributed by atoms with Gasteiger partial charge in [-0.2, -0.15) is 0 Å². The van der Waals surface area contributed by atoms with Gasteiger partial charge in [0, 0.05) is 36.2 Å². The van der Waals surface area contributed by atoms with Gasteiger partial charge in [0.05, 0.1) is 0 Å². The number of thiol groups is 1. The molecule has 1 aromatic rings. The summed E-state index contributed by atoms with van der Waals surface area (Å²) in [7, 11) is -5.03. The van der Waals surface area contributed by atoms with Crippen molar-refractivity contribution in [1.29, 1.82) is 0 Å². The van der Waals surface area contributed by atoms with Gasteiger partial charge in [-0.25, -0.2) is 4.21 Å². The maximum absolute atomic E-state index is 8.96. The molecule has 0 aliphatic carbocycles. The molecule has 1 unspecified atom stereocenters. The van der Waals surface area contributed by atoms with Crippen LogP contribution in [0.25, 0.3) is 0 Å². The largest absolute Gasteiger partial charge is 0.537 e. The Hall–Kier alpha value is -0.353. The third-order valence-corrected chi connectivity index (χ3v) is 6.15. The van der Waals surface area contributed by atoms with E-state index in [4.69, 9.17) is 22.0 Å². The summed E-state index contributed by atoms with van der Waals surface area (Å²) in [6.45, 7) is 11.9. The number of hydrogen-bond acceptors (Lipinski definition) is 5. The minimum Gasteiger partial charge on any atom is -0.370 e. The average Bonchev–Trinajstić information content (AvgIpc) is 2.42. The van der Waals surface area contributed by atoms with E-state index >= 15 is 0 Å². The fraction of sp³-hybridized carbons (Fsp3) is 0.571. The fourth-order valence-electron chi connectivity index (χ4n) is 2.01. The van der Waals surface area contributed by atoms with Gasteiger partial charge in [-0.05, 0) is 45.7 Å². The van der Waals surface area contributed by atoms with Crippen LogP contribution in [0.2, 0.25) is 0 Å². The molecule has 0 aromatic heterocycles. The Balaban J connectivity index is 0.000000980. The van der Waals surface area contributed by atoms with Crippen LogP contribution in [0, 0.1) is 13.8 Å². The third kappa shape index (κ3) is 6.82. The van der Waals surface area contributed by atoms with Crippen molar-refractivity contribution in [3.05, 3.63) is 29.3 Å². The minimum atomic E-state index is -2.75. The number of rotatable bonds is 7. The summed E-state index contributed by atoms with van der Waals surface area (Å²) in [5.41, 5.74) is 2.45. The first-order valence-corrected chi connectivity index (χ1v) is 11.1. The molecule has 128 valence electrons. The van der Waals surface area contributed by atoms with E-state index < -0.39 is 18.4 Å². The summed E-state index contributed by atoms with van der Waals surface area (Å²) in [4.78, 5) is 0. The lowest BCUT2D eigenvalue weighted by molar-refractivity contribution is 0.0858. The van der Waals surface area contributed by atoms with E-state index in [1.54, 1.807) is 0 Å². The normalized spacial score (nSPS) is 12.5. The smallest absolute Gasteiger partial charge is 0.370 e. The molecule has 1 N–H and O–H groups in total. The van der Waals surface area contributed by atoms with Gasteiger partial charge in [-0.3, -0.25) is 0 Å². The van der Waals surface area contributed by atoms with Crippen molar-refractivity contribution in [2.45, 2.75) is 34.6 Å². The van der Waals surface area contributed by atoms with Gasteiger partial charge in [-0.1, -0.05) is 18.2 Å². The molecule has 1 aromatic carbocycles. The molecule has 0 aliphatic rings. The highest BCUT2D eigenvalue weighted by Gasteiger charge is 2.44. The standard InChI is InChI=1S/C14H24O3Si.H2O2S2/c1-6-15-18(16-7-2,17-8-3)14-11-9-10-12(4)13(14)5;1-4(2)3/h9-11H,6-8H2,1-5H3;4H,(H,1,2,3). The second-order valence-corrected chi connectivity index (χ2v) is 8.27. The Morgan fingerprint density at radius 2 is 1.50 bits per heavy atom. The van der Waals surface area contributed by atoms with Crippen LogP contribution in [0.4, 0.5) is 0 Å². The molecular weight excluding hydrogens is 340 g/mol. The zero-order chi connectivity index (χ0) is 17.2. The maximum Gasteiger partial charge on any atom is 0.537 e. The molecule has 0 heterocycles. The molecule has 0 amide bonds. The Kier molecular flexibility index (Phi) is 11.0. The number of hydrogen-bond donors (Lipinski definition) is 2. The predicted molar refractivity (Wildman–Crippen MR) is 95.7 cm³/mol. The van der Waals surface area contributed by atoms with Gasteiger partial charge in [0.1, 0.15) is 9.64 Å². The molecule has 0 spiro atoms. The summed E-state index contributed by atoms with van der Waals surface area (Å²) in [5, 5.41) is 1.09. The summed E-state index contributed by atoms with van der Waals surface area (Å²) in [6.07, 6.45) is 0. The second-order valence-electron chi connectivity index (χ2n) is 4.34.